The van der Waals surface area contributed by atoms with E-state index in [0.29, 0.717) is 4.88 Å². The first-order valence-electron chi connectivity index (χ1n) is 8.12. The topological polar surface area (TPSA) is 54.4 Å². The van der Waals surface area contributed by atoms with Gasteiger partial charge in [-0.05, 0) is 65.9 Å². The number of thiophene rings is 2. The number of aromatic carboxylic acids is 1. The van der Waals surface area contributed by atoms with Crippen LogP contribution < -0.4 is 0 Å². The van der Waals surface area contributed by atoms with E-state index in [-0.39, 0.29) is 0 Å². The maximum atomic E-state index is 11.4. The molecule has 5 heteroatoms. The van der Waals surface area contributed by atoms with Gasteiger partial charge in [-0.2, -0.15) is 0 Å². The third-order valence-electron chi connectivity index (χ3n) is 4.18. The van der Waals surface area contributed by atoms with Gasteiger partial charge in [-0.3, -0.25) is 4.79 Å². The summed E-state index contributed by atoms with van der Waals surface area (Å²) in [5.74, 6) is -0.891. The van der Waals surface area contributed by atoms with Gasteiger partial charge in [0, 0.05) is 20.2 Å². The second-order valence-corrected chi connectivity index (χ2v) is 7.83. The smallest absolute Gasteiger partial charge is 0.345 e. The lowest BCUT2D eigenvalue weighted by molar-refractivity contribution is 0.0702. The average Bonchev–Trinajstić information content (AvgIpc) is 3.29. The van der Waals surface area contributed by atoms with Crippen LogP contribution in [0.25, 0.3) is 20.2 Å². The Hall–Kier alpha value is -2.24. The van der Waals surface area contributed by atoms with Crippen molar-refractivity contribution in [3.63, 3.8) is 0 Å². The predicted octanol–water partition coefficient (Wildman–Crippen LogP) is 5.78. The molecule has 2 aromatic heterocycles. The highest BCUT2D eigenvalue weighted by molar-refractivity contribution is 7.24. The van der Waals surface area contributed by atoms with Crippen LogP contribution in [0.2, 0.25) is 0 Å². The summed E-state index contributed by atoms with van der Waals surface area (Å²) in [6.45, 7) is 4.12. The van der Waals surface area contributed by atoms with Crippen LogP contribution in [0.3, 0.4) is 0 Å². The maximum absolute atomic E-state index is 11.4. The molecule has 0 atom stereocenters. The number of carbonyl (C=O) groups excluding carboxylic acids is 1. The first kappa shape index (κ1) is 17.6. The van der Waals surface area contributed by atoms with E-state index in [9.17, 15) is 9.59 Å². The molecule has 3 aromatic rings. The van der Waals surface area contributed by atoms with Gasteiger partial charge >= 0.3 is 5.97 Å². The van der Waals surface area contributed by atoms with Crippen LogP contribution >= 0.6 is 22.7 Å². The van der Waals surface area contributed by atoms with E-state index in [1.807, 2.05) is 12.1 Å². The van der Waals surface area contributed by atoms with Crippen molar-refractivity contribution in [2.24, 2.45) is 0 Å². The zero-order valence-electron chi connectivity index (χ0n) is 14.0. The van der Waals surface area contributed by atoms with E-state index in [2.05, 4.69) is 32.0 Å². The normalized spacial score (nSPS) is 10.8. The summed E-state index contributed by atoms with van der Waals surface area (Å²) in [6, 6.07) is 11.8. The van der Waals surface area contributed by atoms with Gasteiger partial charge in [0.25, 0.3) is 0 Å². The van der Waals surface area contributed by atoms with Crippen molar-refractivity contribution in [1.82, 2.24) is 0 Å². The van der Waals surface area contributed by atoms with Gasteiger partial charge < -0.3 is 5.11 Å². The number of hydrogen-bond acceptors (Lipinski definition) is 4. The molecular weight excluding hydrogens is 352 g/mol. The highest BCUT2D eigenvalue weighted by atomic mass is 32.1. The number of rotatable bonds is 6. The minimum Gasteiger partial charge on any atom is -0.477 e. The molecule has 0 aliphatic heterocycles. The van der Waals surface area contributed by atoms with Crippen molar-refractivity contribution in [2.75, 3.05) is 0 Å². The molecule has 3 rings (SSSR count). The molecule has 0 radical (unpaired) electrons. The highest BCUT2D eigenvalue weighted by Crippen LogP contribution is 2.38. The second kappa shape index (κ2) is 7.33. The lowest BCUT2D eigenvalue weighted by Gasteiger charge is -2.10. The zero-order chi connectivity index (χ0) is 18.0. The minimum atomic E-state index is -0.891. The molecule has 0 saturated heterocycles. The van der Waals surface area contributed by atoms with E-state index in [4.69, 9.17) is 5.11 Å². The molecule has 1 aromatic carbocycles. The van der Waals surface area contributed by atoms with Crippen LogP contribution in [0, 0.1) is 0 Å². The number of carboxylic acids is 1. The van der Waals surface area contributed by atoms with Crippen LogP contribution in [-0.4, -0.2) is 17.4 Å². The molecule has 0 bridgehead atoms. The molecular formula is C20H18O3S2. The van der Waals surface area contributed by atoms with Crippen LogP contribution in [0.1, 0.15) is 45.0 Å². The SMILES string of the molecule is CCc1cc(-c2ccc(-c3ccc(C(=O)O)s3)s2)cc(CC)c1C=O. The average molecular weight is 370 g/mol. The minimum absolute atomic E-state index is 0.349. The number of benzene rings is 1. The van der Waals surface area contributed by atoms with Crippen LogP contribution in [0.4, 0.5) is 0 Å². The number of aldehydes is 1. The van der Waals surface area contributed by atoms with Crippen LogP contribution in [0.15, 0.2) is 36.4 Å². The van der Waals surface area contributed by atoms with Crippen molar-refractivity contribution in [1.29, 1.82) is 0 Å². The third kappa shape index (κ3) is 3.43. The van der Waals surface area contributed by atoms with E-state index < -0.39 is 5.97 Å². The molecule has 2 heterocycles. The van der Waals surface area contributed by atoms with Crippen LogP contribution in [-0.2, 0) is 12.8 Å². The largest absolute Gasteiger partial charge is 0.477 e. The van der Waals surface area contributed by atoms with Gasteiger partial charge in [0.1, 0.15) is 4.88 Å². The van der Waals surface area contributed by atoms with Gasteiger partial charge in [0.05, 0.1) is 0 Å². The number of carboxylic acid groups (broad SMARTS) is 1. The fraction of sp³-hybridized carbons (Fsp3) is 0.200. The molecule has 3 nitrogen and oxygen atoms in total. The summed E-state index contributed by atoms with van der Waals surface area (Å²) >= 11 is 2.93. The molecule has 25 heavy (non-hydrogen) atoms. The van der Waals surface area contributed by atoms with E-state index in [0.717, 1.165) is 56.0 Å². The first-order valence-corrected chi connectivity index (χ1v) is 9.75. The second-order valence-electron chi connectivity index (χ2n) is 5.67. The quantitative estimate of drug-likeness (QED) is 0.560. The van der Waals surface area contributed by atoms with Gasteiger partial charge in [-0.1, -0.05) is 13.8 Å². The number of hydrogen-bond donors (Lipinski definition) is 1. The molecule has 0 aliphatic carbocycles. The lowest BCUT2D eigenvalue weighted by Crippen LogP contribution is -1.98. The summed E-state index contributed by atoms with van der Waals surface area (Å²) in [6.07, 6.45) is 2.60. The highest BCUT2D eigenvalue weighted by Gasteiger charge is 2.13. The van der Waals surface area contributed by atoms with Gasteiger partial charge in [0.15, 0.2) is 6.29 Å². The molecule has 0 spiro atoms. The van der Waals surface area contributed by atoms with Crippen molar-refractivity contribution < 1.29 is 14.7 Å². The Balaban J connectivity index is 2.01. The Kier molecular flexibility index (Phi) is 5.16. The Labute approximate surface area is 154 Å². The molecule has 0 aliphatic rings. The van der Waals surface area contributed by atoms with Gasteiger partial charge in [-0.15, -0.1) is 22.7 Å². The predicted molar refractivity (Wildman–Crippen MR) is 104 cm³/mol. The van der Waals surface area contributed by atoms with Gasteiger partial charge in [0.2, 0.25) is 0 Å². The van der Waals surface area contributed by atoms with E-state index in [1.165, 1.54) is 11.3 Å². The van der Waals surface area contributed by atoms with E-state index in [1.54, 1.807) is 17.4 Å². The summed E-state index contributed by atoms with van der Waals surface area (Å²) < 4.78 is 0. The lowest BCUT2D eigenvalue weighted by atomic mass is 9.95. The molecule has 0 fully saturated rings. The Morgan fingerprint density at radius 1 is 0.960 bits per heavy atom. The first-order chi connectivity index (χ1) is 12.1. The Bertz CT molecular complexity index is 909. The summed E-state index contributed by atoms with van der Waals surface area (Å²) in [5.41, 5.74) is 4.08. The monoisotopic (exact) mass is 370 g/mol. The molecule has 1 N–H and O–H groups in total. The summed E-state index contributed by atoms with van der Waals surface area (Å²) in [7, 11) is 0. The van der Waals surface area contributed by atoms with Crippen LogP contribution in [0.5, 0.6) is 0 Å². The Morgan fingerprint density at radius 3 is 2.04 bits per heavy atom. The fourth-order valence-electron chi connectivity index (χ4n) is 2.87. The van der Waals surface area contributed by atoms with Crippen molar-refractivity contribution >= 4 is 34.9 Å². The van der Waals surface area contributed by atoms with Crippen molar-refractivity contribution in [3.8, 4) is 20.2 Å². The van der Waals surface area contributed by atoms with Crippen molar-refractivity contribution in [3.05, 3.63) is 58.0 Å². The van der Waals surface area contributed by atoms with Crippen molar-refractivity contribution in [2.45, 2.75) is 26.7 Å². The van der Waals surface area contributed by atoms with Gasteiger partial charge in [-0.25, -0.2) is 4.79 Å². The standard InChI is InChI=1S/C20H18O3S2/c1-3-12-9-14(10-13(4-2)15(12)11-21)16-5-6-17(24-16)18-7-8-19(25-18)20(22)23/h5-11H,3-4H2,1-2H3,(H,22,23). The number of carbonyl (C=O) groups is 2. The fourth-order valence-corrected chi connectivity index (χ4v) is 4.80. The zero-order valence-corrected chi connectivity index (χ0v) is 15.7. The molecule has 0 saturated carbocycles. The maximum Gasteiger partial charge on any atom is 0.345 e. The Morgan fingerprint density at radius 2 is 1.52 bits per heavy atom. The third-order valence-corrected chi connectivity index (χ3v) is 6.58. The van der Waals surface area contributed by atoms with E-state index >= 15 is 0 Å². The molecule has 128 valence electrons. The summed E-state index contributed by atoms with van der Waals surface area (Å²) in [5, 5.41) is 9.08. The molecule has 0 amide bonds. The summed E-state index contributed by atoms with van der Waals surface area (Å²) in [4.78, 5) is 26.0. The number of aryl methyl sites for hydroxylation is 2. The molecule has 0 unspecified atom stereocenters.